The van der Waals surface area contributed by atoms with Gasteiger partial charge in [0.25, 0.3) is 0 Å². The zero-order chi connectivity index (χ0) is 17.1. The molecular formula is C20H20O3S. The van der Waals surface area contributed by atoms with Crippen LogP contribution in [-0.2, 0) is 16.1 Å². The number of thiophene rings is 1. The number of benzene rings is 2. The molecule has 124 valence electrons. The molecule has 0 spiro atoms. The van der Waals surface area contributed by atoms with Crippen molar-refractivity contribution in [2.75, 3.05) is 21.3 Å². The van der Waals surface area contributed by atoms with Crippen molar-refractivity contribution in [2.24, 2.45) is 0 Å². The summed E-state index contributed by atoms with van der Waals surface area (Å²) in [6.07, 6.45) is 0. The van der Waals surface area contributed by atoms with Crippen molar-refractivity contribution in [3.8, 4) is 16.9 Å². The zero-order valence-electron chi connectivity index (χ0n) is 14.1. The molecule has 0 aliphatic heterocycles. The number of methoxy groups -OCH3 is 3. The molecule has 3 aromatic rings. The average Bonchev–Trinajstić information content (AvgIpc) is 2.98. The van der Waals surface area contributed by atoms with E-state index in [0.717, 1.165) is 27.8 Å². The summed E-state index contributed by atoms with van der Waals surface area (Å²) < 4.78 is 17.5. The van der Waals surface area contributed by atoms with E-state index in [1.165, 1.54) is 9.58 Å². The van der Waals surface area contributed by atoms with Crippen molar-refractivity contribution in [1.29, 1.82) is 0 Å². The second-order valence-electron chi connectivity index (χ2n) is 5.37. The van der Waals surface area contributed by atoms with Crippen LogP contribution < -0.4 is 4.74 Å². The lowest BCUT2D eigenvalue weighted by atomic mass is 9.99. The molecule has 0 saturated heterocycles. The number of hydrogen-bond acceptors (Lipinski definition) is 4. The number of ether oxygens (including phenoxy) is 3. The molecule has 0 aliphatic carbocycles. The van der Waals surface area contributed by atoms with E-state index in [9.17, 15) is 0 Å². The van der Waals surface area contributed by atoms with Crippen molar-refractivity contribution in [2.45, 2.75) is 6.61 Å². The Labute approximate surface area is 146 Å². The number of hydrogen-bond donors (Lipinski definition) is 0. The molecule has 0 fully saturated rings. The Morgan fingerprint density at radius 1 is 1.08 bits per heavy atom. The molecule has 3 rings (SSSR count). The SMILES string of the molecule is C=C(OC)c1ccc2sc(COC)c(-c3ccccc3OC)c2c1. The summed E-state index contributed by atoms with van der Waals surface area (Å²) in [5, 5.41) is 1.16. The summed E-state index contributed by atoms with van der Waals surface area (Å²) in [7, 11) is 5.05. The van der Waals surface area contributed by atoms with Crippen LogP contribution in [-0.4, -0.2) is 21.3 Å². The molecule has 24 heavy (non-hydrogen) atoms. The van der Waals surface area contributed by atoms with Crippen LogP contribution in [0.2, 0.25) is 0 Å². The molecular weight excluding hydrogens is 320 g/mol. The van der Waals surface area contributed by atoms with E-state index in [4.69, 9.17) is 14.2 Å². The minimum absolute atomic E-state index is 0.563. The van der Waals surface area contributed by atoms with E-state index >= 15 is 0 Å². The van der Waals surface area contributed by atoms with Gasteiger partial charge in [-0.3, -0.25) is 0 Å². The Kier molecular flexibility index (Phi) is 4.88. The summed E-state index contributed by atoms with van der Waals surface area (Å²) in [6, 6.07) is 14.3. The molecule has 1 aromatic heterocycles. The molecule has 1 heterocycles. The van der Waals surface area contributed by atoms with Gasteiger partial charge in [-0.25, -0.2) is 0 Å². The van der Waals surface area contributed by atoms with E-state index in [1.807, 2.05) is 24.3 Å². The Bertz CT molecular complexity index is 880. The first-order valence-corrected chi connectivity index (χ1v) is 8.42. The second kappa shape index (κ2) is 7.07. The van der Waals surface area contributed by atoms with Gasteiger partial charge in [0, 0.05) is 38.8 Å². The van der Waals surface area contributed by atoms with Gasteiger partial charge in [0.05, 0.1) is 20.8 Å². The van der Waals surface area contributed by atoms with Gasteiger partial charge in [-0.2, -0.15) is 0 Å². The largest absolute Gasteiger partial charge is 0.497 e. The molecule has 0 saturated carbocycles. The molecule has 0 amide bonds. The van der Waals surface area contributed by atoms with E-state index in [2.05, 4.69) is 24.8 Å². The van der Waals surface area contributed by atoms with Gasteiger partial charge < -0.3 is 14.2 Å². The van der Waals surface area contributed by atoms with Crippen LogP contribution in [0.1, 0.15) is 10.4 Å². The fourth-order valence-electron chi connectivity index (χ4n) is 2.82. The number of rotatable bonds is 6. The number of fused-ring (bicyclic) bond motifs is 1. The van der Waals surface area contributed by atoms with Crippen LogP contribution in [0, 0.1) is 0 Å². The van der Waals surface area contributed by atoms with Crippen LogP contribution in [0.4, 0.5) is 0 Å². The highest BCUT2D eigenvalue weighted by molar-refractivity contribution is 7.19. The first-order chi connectivity index (χ1) is 11.7. The van der Waals surface area contributed by atoms with Gasteiger partial charge in [0.15, 0.2) is 0 Å². The third kappa shape index (κ3) is 2.90. The molecule has 0 radical (unpaired) electrons. The molecule has 0 unspecified atom stereocenters. The summed E-state index contributed by atoms with van der Waals surface area (Å²) >= 11 is 1.74. The predicted molar refractivity (Wildman–Crippen MR) is 101 cm³/mol. The summed E-state index contributed by atoms with van der Waals surface area (Å²) in [5.41, 5.74) is 3.20. The second-order valence-corrected chi connectivity index (χ2v) is 6.51. The van der Waals surface area contributed by atoms with Crippen LogP contribution in [0.25, 0.3) is 27.0 Å². The highest BCUT2D eigenvalue weighted by atomic mass is 32.1. The quantitative estimate of drug-likeness (QED) is 0.567. The molecule has 4 heteroatoms. The average molecular weight is 340 g/mol. The minimum atomic E-state index is 0.563. The smallest absolute Gasteiger partial charge is 0.126 e. The normalized spacial score (nSPS) is 10.8. The van der Waals surface area contributed by atoms with Crippen molar-refractivity contribution in [3.63, 3.8) is 0 Å². The summed E-state index contributed by atoms with van der Waals surface area (Å²) in [4.78, 5) is 1.18. The molecule has 0 atom stereocenters. The molecule has 2 aromatic carbocycles. The third-order valence-electron chi connectivity index (χ3n) is 3.98. The lowest BCUT2D eigenvalue weighted by Gasteiger charge is -2.11. The summed E-state index contributed by atoms with van der Waals surface area (Å²) in [5.74, 6) is 1.51. The molecule has 0 aliphatic rings. The van der Waals surface area contributed by atoms with Crippen molar-refractivity contribution in [1.82, 2.24) is 0 Å². The lowest BCUT2D eigenvalue weighted by Crippen LogP contribution is -1.91. The van der Waals surface area contributed by atoms with Crippen LogP contribution in [0.3, 0.4) is 0 Å². The van der Waals surface area contributed by atoms with Crippen molar-refractivity contribution < 1.29 is 14.2 Å². The predicted octanol–water partition coefficient (Wildman–Crippen LogP) is 5.34. The van der Waals surface area contributed by atoms with E-state index < -0.39 is 0 Å². The maximum absolute atomic E-state index is 5.57. The minimum Gasteiger partial charge on any atom is -0.497 e. The highest BCUT2D eigenvalue weighted by Crippen LogP contribution is 2.43. The lowest BCUT2D eigenvalue weighted by molar-refractivity contribution is 0.188. The molecule has 3 nitrogen and oxygen atoms in total. The van der Waals surface area contributed by atoms with E-state index in [0.29, 0.717) is 12.4 Å². The summed E-state index contributed by atoms with van der Waals surface area (Å²) in [6.45, 7) is 4.52. The number of para-hydroxylation sites is 1. The van der Waals surface area contributed by atoms with Crippen LogP contribution in [0.15, 0.2) is 49.0 Å². The van der Waals surface area contributed by atoms with Gasteiger partial charge in [0.1, 0.15) is 11.5 Å². The molecule has 0 N–H and O–H groups in total. The van der Waals surface area contributed by atoms with Crippen LogP contribution in [0.5, 0.6) is 5.75 Å². The first kappa shape index (κ1) is 16.6. The Hall–Kier alpha value is -2.30. The van der Waals surface area contributed by atoms with Gasteiger partial charge in [-0.05, 0) is 24.3 Å². The zero-order valence-corrected chi connectivity index (χ0v) is 14.9. The first-order valence-electron chi connectivity index (χ1n) is 7.60. The topological polar surface area (TPSA) is 27.7 Å². The molecule has 0 bridgehead atoms. The van der Waals surface area contributed by atoms with Crippen LogP contribution >= 0.6 is 11.3 Å². The standard InChI is InChI=1S/C20H20O3S/c1-13(22-3)14-9-10-18-16(11-14)20(19(24-18)12-21-2)15-7-5-6-8-17(15)23-4/h5-11H,1,12H2,2-4H3. The van der Waals surface area contributed by atoms with Gasteiger partial charge in [-0.1, -0.05) is 24.8 Å². The van der Waals surface area contributed by atoms with Gasteiger partial charge in [0.2, 0.25) is 0 Å². The van der Waals surface area contributed by atoms with Crippen molar-refractivity contribution in [3.05, 3.63) is 59.5 Å². The maximum Gasteiger partial charge on any atom is 0.126 e. The highest BCUT2D eigenvalue weighted by Gasteiger charge is 2.18. The Morgan fingerprint density at radius 3 is 2.58 bits per heavy atom. The van der Waals surface area contributed by atoms with Gasteiger partial charge >= 0.3 is 0 Å². The third-order valence-corrected chi connectivity index (χ3v) is 5.13. The Morgan fingerprint density at radius 2 is 1.88 bits per heavy atom. The van der Waals surface area contributed by atoms with Crippen molar-refractivity contribution >= 4 is 27.2 Å². The fraction of sp³-hybridized carbons (Fsp3) is 0.200. The van der Waals surface area contributed by atoms with E-state index in [1.54, 1.807) is 32.7 Å². The maximum atomic E-state index is 5.57. The van der Waals surface area contributed by atoms with Gasteiger partial charge in [-0.15, -0.1) is 11.3 Å². The monoisotopic (exact) mass is 340 g/mol. The Balaban J connectivity index is 2.29. The fourth-order valence-corrected chi connectivity index (χ4v) is 3.99. The van der Waals surface area contributed by atoms with E-state index in [-0.39, 0.29) is 0 Å².